The molecule has 0 saturated heterocycles. The van der Waals surface area contributed by atoms with Gasteiger partial charge in [-0.15, -0.1) is 0 Å². The summed E-state index contributed by atoms with van der Waals surface area (Å²) in [5.41, 5.74) is 1.16. The van der Waals surface area contributed by atoms with E-state index < -0.39 is 0 Å². The molecule has 1 aliphatic carbocycles. The predicted octanol–water partition coefficient (Wildman–Crippen LogP) is 4.17. The first-order valence-corrected chi connectivity index (χ1v) is 8.08. The van der Waals surface area contributed by atoms with Gasteiger partial charge in [0.25, 0.3) is 0 Å². The molecule has 0 radical (unpaired) electrons. The molecule has 2 atom stereocenters. The lowest BCUT2D eigenvalue weighted by Crippen LogP contribution is -2.38. The van der Waals surface area contributed by atoms with Crippen LogP contribution in [-0.2, 0) is 6.54 Å². The molecule has 1 fully saturated rings. The number of phenolic OH excluding ortho intramolecular Hbond substituents is 1. The molecule has 0 bridgehead atoms. The molecule has 0 spiro atoms. The zero-order valence-corrected chi connectivity index (χ0v) is 14.1. The molecule has 4 heteroatoms. The molecule has 0 amide bonds. The highest BCUT2D eigenvalue weighted by Crippen LogP contribution is 2.36. The van der Waals surface area contributed by atoms with Gasteiger partial charge in [0.05, 0.1) is 11.6 Å². The second-order valence-electron chi connectivity index (χ2n) is 5.87. The second kappa shape index (κ2) is 6.81. The Morgan fingerprint density at radius 3 is 2.70 bits per heavy atom. The molecule has 0 aliphatic heterocycles. The number of nitrogens with zero attached hydrogens (tertiary/aromatic N) is 1. The molecule has 0 aromatic heterocycles. The molecule has 0 heterocycles. The van der Waals surface area contributed by atoms with Gasteiger partial charge in [0.2, 0.25) is 0 Å². The third-order valence-electron chi connectivity index (χ3n) is 4.37. The number of halogens is 1. The van der Waals surface area contributed by atoms with Crippen molar-refractivity contribution in [1.82, 2.24) is 4.90 Å². The minimum absolute atomic E-state index is 0.171. The summed E-state index contributed by atoms with van der Waals surface area (Å²) >= 11 is 3.39. The standard InChI is InChI=1S/C16H24BrNO2/c1-11-6-4-5-7-14(11)18(2)10-12-8-13(17)16(19)15(9-12)20-3/h8-9,11,14,19H,4-7,10H2,1-3H3. The fourth-order valence-corrected chi connectivity index (χ4v) is 3.72. The summed E-state index contributed by atoms with van der Waals surface area (Å²) in [7, 11) is 3.78. The van der Waals surface area contributed by atoms with Crippen LogP contribution in [-0.4, -0.2) is 30.2 Å². The highest BCUT2D eigenvalue weighted by molar-refractivity contribution is 9.10. The fraction of sp³-hybridized carbons (Fsp3) is 0.625. The molecular formula is C16H24BrNO2. The van der Waals surface area contributed by atoms with Crippen molar-refractivity contribution in [1.29, 1.82) is 0 Å². The zero-order chi connectivity index (χ0) is 14.7. The van der Waals surface area contributed by atoms with Gasteiger partial charge in [-0.1, -0.05) is 19.8 Å². The number of methoxy groups -OCH3 is 1. The summed E-state index contributed by atoms with van der Waals surface area (Å²) < 4.78 is 5.91. The lowest BCUT2D eigenvalue weighted by atomic mass is 9.85. The van der Waals surface area contributed by atoms with Crippen molar-refractivity contribution in [2.45, 2.75) is 45.2 Å². The summed E-state index contributed by atoms with van der Waals surface area (Å²) in [5.74, 6) is 1.46. The van der Waals surface area contributed by atoms with E-state index >= 15 is 0 Å². The van der Waals surface area contributed by atoms with Gasteiger partial charge in [0.15, 0.2) is 11.5 Å². The van der Waals surface area contributed by atoms with Crippen molar-refractivity contribution in [3.8, 4) is 11.5 Å². The van der Waals surface area contributed by atoms with Crippen LogP contribution in [0, 0.1) is 5.92 Å². The number of aromatic hydroxyl groups is 1. The maximum Gasteiger partial charge on any atom is 0.172 e. The SMILES string of the molecule is COc1cc(CN(C)C2CCCCC2C)cc(Br)c1O. The molecule has 112 valence electrons. The van der Waals surface area contributed by atoms with E-state index in [4.69, 9.17) is 4.74 Å². The van der Waals surface area contributed by atoms with E-state index in [0.29, 0.717) is 16.3 Å². The first-order valence-electron chi connectivity index (χ1n) is 7.28. The van der Waals surface area contributed by atoms with Crippen molar-refractivity contribution in [3.63, 3.8) is 0 Å². The summed E-state index contributed by atoms with van der Waals surface area (Å²) in [6.07, 6.45) is 5.32. The predicted molar refractivity (Wildman–Crippen MR) is 85.2 cm³/mol. The molecule has 1 saturated carbocycles. The van der Waals surface area contributed by atoms with Gasteiger partial charge in [-0.25, -0.2) is 0 Å². The first kappa shape index (κ1) is 15.6. The summed E-state index contributed by atoms with van der Waals surface area (Å²) in [4.78, 5) is 2.43. The van der Waals surface area contributed by atoms with E-state index in [-0.39, 0.29) is 5.75 Å². The van der Waals surface area contributed by atoms with Gasteiger partial charge in [-0.3, -0.25) is 4.90 Å². The Hall–Kier alpha value is -0.740. The third-order valence-corrected chi connectivity index (χ3v) is 4.98. The molecule has 20 heavy (non-hydrogen) atoms. The van der Waals surface area contributed by atoms with Crippen LogP contribution in [0.4, 0.5) is 0 Å². The maximum absolute atomic E-state index is 9.86. The van der Waals surface area contributed by atoms with Gasteiger partial charge in [-0.2, -0.15) is 0 Å². The van der Waals surface area contributed by atoms with Crippen LogP contribution in [0.2, 0.25) is 0 Å². The van der Waals surface area contributed by atoms with Crippen LogP contribution >= 0.6 is 15.9 Å². The lowest BCUT2D eigenvalue weighted by Gasteiger charge is -2.36. The van der Waals surface area contributed by atoms with Crippen molar-refractivity contribution in [3.05, 3.63) is 22.2 Å². The third kappa shape index (κ3) is 3.47. The Kier molecular flexibility index (Phi) is 5.33. The van der Waals surface area contributed by atoms with Gasteiger partial charge in [0, 0.05) is 12.6 Å². The van der Waals surface area contributed by atoms with E-state index in [9.17, 15) is 5.11 Å². The van der Waals surface area contributed by atoms with Crippen LogP contribution < -0.4 is 4.74 Å². The monoisotopic (exact) mass is 341 g/mol. The molecular weight excluding hydrogens is 318 g/mol. The topological polar surface area (TPSA) is 32.7 Å². The largest absolute Gasteiger partial charge is 0.503 e. The van der Waals surface area contributed by atoms with E-state index in [0.717, 1.165) is 18.0 Å². The molecule has 1 N–H and O–H groups in total. The van der Waals surface area contributed by atoms with Crippen LogP contribution in [0.1, 0.15) is 38.2 Å². The number of phenols is 1. The second-order valence-corrected chi connectivity index (χ2v) is 6.73. The van der Waals surface area contributed by atoms with E-state index in [1.807, 2.05) is 12.1 Å². The minimum atomic E-state index is 0.171. The van der Waals surface area contributed by atoms with Gasteiger partial charge in [0.1, 0.15) is 0 Å². The Labute approximate surface area is 130 Å². The number of hydrogen-bond donors (Lipinski definition) is 1. The van der Waals surface area contributed by atoms with Crippen LogP contribution in [0.15, 0.2) is 16.6 Å². The van der Waals surface area contributed by atoms with Gasteiger partial charge >= 0.3 is 0 Å². The average Bonchev–Trinajstić information content (AvgIpc) is 2.43. The van der Waals surface area contributed by atoms with E-state index in [1.54, 1.807) is 7.11 Å². The number of ether oxygens (including phenoxy) is 1. The van der Waals surface area contributed by atoms with E-state index in [2.05, 4.69) is 34.8 Å². The molecule has 1 aromatic carbocycles. The molecule has 1 aromatic rings. The number of hydrogen-bond acceptors (Lipinski definition) is 3. The lowest BCUT2D eigenvalue weighted by molar-refractivity contribution is 0.133. The van der Waals surface area contributed by atoms with Crippen molar-refractivity contribution in [2.24, 2.45) is 5.92 Å². The molecule has 3 nitrogen and oxygen atoms in total. The summed E-state index contributed by atoms with van der Waals surface area (Å²) in [5, 5.41) is 9.86. The van der Waals surface area contributed by atoms with Crippen molar-refractivity contribution in [2.75, 3.05) is 14.2 Å². The van der Waals surface area contributed by atoms with Gasteiger partial charge in [-0.05, 0) is 59.4 Å². The average molecular weight is 342 g/mol. The van der Waals surface area contributed by atoms with Crippen molar-refractivity contribution >= 4 is 15.9 Å². The van der Waals surface area contributed by atoms with Crippen molar-refractivity contribution < 1.29 is 9.84 Å². The van der Waals surface area contributed by atoms with Gasteiger partial charge < -0.3 is 9.84 Å². The maximum atomic E-state index is 9.86. The quantitative estimate of drug-likeness (QED) is 0.891. The summed E-state index contributed by atoms with van der Waals surface area (Å²) in [6, 6.07) is 4.55. The molecule has 2 unspecified atom stereocenters. The normalized spacial score (nSPS) is 23.1. The number of rotatable bonds is 4. The number of benzene rings is 1. The van der Waals surface area contributed by atoms with Crippen LogP contribution in [0.25, 0.3) is 0 Å². The molecule has 2 rings (SSSR count). The Morgan fingerprint density at radius 1 is 1.35 bits per heavy atom. The van der Waals surface area contributed by atoms with Crippen LogP contribution in [0.3, 0.4) is 0 Å². The Balaban J connectivity index is 2.11. The Morgan fingerprint density at radius 2 is 2.05 bits per heavy atom. The van der Waals surface area contributed by atoms with E-state index in [1.165, 1.54) is 25.7 Å². The molecule has 1 aliphatic rings. The fourth-order valence-electron chi connectivity index (χ4n) is 3.23. The Bertz CT molecular complexity index is 464. The minimum Gasteiger partial charge on any atom is -0.503 e. The first-order chi connectivity index (χ1) is 9.52. The zero-order valence-electron chi connectivity index (χ0n) is 12.5. The summed E-state index contributed by atoms with van der Waals surface area (Å²) in [6.45, 7) is 3.23. The smallest absolute Gasteiger partial charge is 0.172 e. The highest BCUT2D eigenvalue weighted by Gasteiger charge is 2.25. The van der Waals surface area contributed by atoms with Crippen LogP contribution in [0.5, 0.6) is 11.5 Å². The highest BCUT2D eigenvalue weighted by atomic mass is 79.9.